The molecule has 1 aromatic heterocycles. The first-order chi connectivity index (χ1) is 10.6. The highest BCUT2D eigenvalue weighted by Crippen LogP contribution is 2.25. The van der Waals surface area contributed by atoms with Gasteiger partial charge >= 0.3 is 0 Å². The molecule has 1 unspecified atom stereocenters. The van der Waals surface area contributed by atoms with E-state index in [-0.39, 0.29) is 11.1 Å². The maximum Gasteiger partial charge on any atom is 0.290 e. The zero-order valence-electron chi connectivity index (χ0n) is 12.2. The van der Waals surface area contributed by atoms with Crippen molar-refractivity contribution in [3.8, 4) is 0 Å². The van der Waals surface area contributed by atoms with Gasteiger partial charge in [0.05, 0.1) is 10.6 Å². The van der Waals surface area contributed by atoms with Gasteiger partial charge in [-0.25, -0.2) is 9.97 Å². The Morgan fingerprint density at radius 1 is 1.45 bits per heavy atom. The summed E-state index contributed by atoms with van der Waals surface area (Å²) in [6.45, 7) is 1.97. The Balaban J connectivity index is 1.79. The third-order valence-electron chi connectivity index (χ3n) is 3.72. The van der Waals surface area contributed by atoms with Crippen LogP contribution < -0.4 is 15.5 Å². The summed E-state index contributed by atoms with van der Waals surface area (Å²) in [6, 6.07) is 2.09. The van der Waals surface area contributed by atoms with E-state index in [9.17, 15) is 9.59 Å². The first-order valence-corrected chi connectivity index (χ1v) is 7.96. The van der Waals surface area contributed by atoms with Crippen LogP contribution in [0.4, 0.5) is 10.7 Å². The Bertz CT molecular complexity index is 627. The Morgan fingerprint density at radius 2 is 2.32 bits per heavy atom. The molecule has 8 heteroatoms. The number of carbonyl (C=O) groups is 2. The summed E-state index contributed by atoms with van der Waals surface area (Å²) in [7, 11) is 1.98. The fourth-order valence-corrected chi connectivity index (χ4v) is 3.16. The second kappa shape index (κ2) is 6.45. The van der Waals surface area contributed by atoms with E-state index >= 15 is 0 Å². The second-order valence-corrected chi connectivity index (χ2v) is 6.26. The van der Waals surface area contributed by atoms with Gasteiger partial charge < -0.3 is 10.2 Å². The van der Waals surface area contributed by atoms with Crippen molar-refractivity contribution in [3.05, 3.63) is 22.9 Å². The van der Waals surface area contributed by atoms with Crippen LogP contribution in [0.5, 0.6) is 0 Å². The SMILES string of the molecule is CN(c1nccc(C=C2SC(=O)NC2=O)n1)C1CCCNC1. The predicted octanol–water partition coefficient (Wildman–Crippen LogP) is 0.989. The van der Waals surface area contributed by atoms with Crippen LogP contribution in [0.1, 0.15) is 18.5 Å². The van der Waals surface area contributed by atoms with Crippen molar-refractivity contribution in [1.82, 2.24) is 20.6 Å². The third-order valence-corrected chi connectivity index (χ3v) is 4.53. The van der Waals surface area contributed by atoms with Gasteiger partial charge in [-0.1, -0.05) is 0 Å². The average Bonchev–Trinajstić information content (AvgIpc) is 2.85. The molecule has 0 radical (unpaired) electrons. The number of aromatic nitrogens is 2. The summed E-state index contributed by atoms with van der Waals surface area (Å²) >= 11 is 0.888. The number of piperidine rings is 1. The number of likely N-dealkylation sites (N-methyl/N-ethyl adjacent to an activating group) is 1. The normalized spacial score (nSPS) is 23.7. The molecule has 22 heavy (non-hydrogen) atoms. The van der Waals surface area contributed by atoms with Gasteiger partial charge in [-0.05, 0) is 43.3 Å². The lowest BCUT2D eigenvalue weighted by molar-refractivity contribution is -0.115. The highest BCUT2D eigenvalue weighted by atomic mass is 32.2. The van der Waals surface area contributed by atoms with E-state index in [0.29, 0.717) is 22.6 Å². The smallest absolute Gasteiger partial charge is 0.290 e. The Labute approximate surface area is 132 Å². The molecule has 3 rings (SSSR count). The number of nitrogens with zero attached hydrogens (tertiary/aromatic N) is 3. The van der Waals surface area contributed by atoms with E-state index in [0.717, 1.165) is 37.7 Å². The molecule has 1 aromatic rings. The summed E-state index contributed by atoms with van der Waals surface area (Å²) in [6.07, 6.45) is 5.52. The first kappa shape index (κ1) is 15.0. The zero-order valence-corrected chi connectivity index (χ0v) is 13.0. The molecule has 0 saturated carbocycles. The summed E-state index contributed by atoms with van der Waals surface area (Å²) in [5, 5.41) is 5.25. The molecule has 3 heterocycles. The van der Waals surface area contributed by atoms with Crippen LogP contribution >= 0.6 is 11.8 Å². The molecule has 2 fully saturated rings. The van der Waals surface area contributed by atoms with Gasteiger partial charge in [0.15, 0.2) is 0 Å². The molecule has 0 aliphatic carbocycles. The maximum absolute atomic E-state index is 11.6. The fourth-order valence-electron chi connectivity index (χ4n) is 2.49. The lowest BCUT2D eigenvalue weighted by atomic mass is 10.1. The fraction of sp³-hybridized carbons (Fsp3) is 0.429. The summed E-state index contributed by atoms with van der Waals surface area (Å²) in [5.74, 6) is 0.248. The molecule has 2 amide bonds. The molecular weight excluding hydrogens is 302 g/mol. The van der Waals surface area contributed by atoms with Crippen LogP contribution in [0.2, 0.25) is 0 Å². The van der Waals surface area contributed by atoms with Crippen LogP contribution in [0.25, 0.3) is 6.08 Å². The molecule has 0 aromatic carbocycles. The zero-order chi connectivity index (χ0) is 15.5. The molecule has 2 aliphatic heterocycles. The van der Waals surface area contributed by atoms with Crippen LogP contribution in [0.15, 0.2) is 17.2 Å². The third kappa shape index (κ3) is 3.28. The van der Waals surface area contributed by atoms with Gasteiger partial charge in [0.2, 0.25) is 5.95 Å². The molecule has 2 aliphatic rings. The molecule has 0 spiro atoms. The number of imide groups is 1. The van der Waals surface area contributed by atoms with Crippen molar-refractivity contribution in [2.24, 2.45) is 0 Å². The van der Waals surface area contributed by atoms with Crippen LogP contribution in [0.3, 0.4) is 0 Å². The van der Waals surface area contributed by atoms with Crippen molar-refractivity contribution >= 4 is 34.9 Å². The number of thioether (sulfide) groups is 1. The minimum atomic E-state index is -0.375. The standard InChI is InChI=1S/C14H17N5O2S/c1-19(10-3-2-5-15-8-10)13-16-6-4-9(17-13)7-11-12(20)18-14(21)22-11/h4,6-7,10,15H,2-3,5,8H2,1H3,(H,18,20,21). The topological polar surface area (TPSA) is 87.2 Å². The van der Waals surface area contributed by atoms with E-state index in [1.54, 1.807) is 18.3 Å². The van der Waals surface area contributed by atoms with Crippen LogP contribution in [0, 0.1) is 0 Å². The van der Waals surface area contributed by atoms with E-state index in [4.69, 9.17) is 0 Å². The highest BCUT2D eigenvalue weighted by Gasteiger charge is 2.25. The molecule has 2 saturated heterocycles. The van der Waals surface area contributed by atoms with Crippen molar-refractivity contribution in [1.29, 1.82) is 0 Å². The van der Waals surface area contributed by atoms with Gasteiger partial charge in [0.25, 0.3) is 11.1 Å². The number of nitrogens with one attached hydrogen (secondary N) is 2. The molecule has 2 N–H and O–H groups in total. The number of hydrogen-bond acceptors (Lipinski definition) is 7. The minimum absolute atomic E-state index is 0.351. The van der Waals surface area contributed by atoms with Crippen molar-refractivity contribution in [2.75, 3.05) is 25.0 Å². The van der Waals surface area contributed by atoms with E-state index in [1.165, 1.54) is 0 Å². The number of rotatable bonds is 3. The lowest BCUT2D eigenvalue weighted by Gasteiger charge is -2.31. The van der Waals surface area contributed by atoms with Crippen molar-refractivity contribution in [3.63, 3.8) is 0 Å². The molecule has 0 bridgehead atoms. The number of hydrogen-bond donors (Lipinski definition) is 2. The highest BCUT2D eigenvalue weighted by molar-refractivity contribution is 8.18. The maximum atomic E-state index is 11.6. The Kier molecular flexibility index (Phi) is 4.39. The van der Waals surface area contributed by atoms with Gasteiger partial charge in [-0.3, -0.25) is 14.9 Å². The molecule has 116 valence electrons. The number of anilines is 1. The Morgan fingerprint density at radius 3 is 3.00 bits per heavy atom. The lowest BCUT2D eigenvalue weighted by Crippen LogP contribution is -2.44. The van der Waals surface area contributed by atoms with E-state index in [1.807, 2.05) is 7.05 Å². The van der Waals surface area contributed by atoms with Gasteiger partial charge in [-0.2, -0.15) is 0 Å². The average molecular weight is 319 g/mol. The summed E-state index contributed by atoms with van der Waals surface area (Å²) < 4.78 is 0. The first-order valence-electron chi connectivity index (χ1n) is 7.15. The molecular formula is C14H17N5O2S. The van der Waals surface area contributed by atoms with Crippen molar-refractivity contribution in [2.45, 2.75) is 18.9 Å². The molecule has 7 nitrogen and oxygen atoms in total. The largest absolute Gasteiger partial charge is 0.340 e. The van der Waals surface area contributed by atoms with Gasteiger partial charge in [0.1, 0.15) is 0 Å². The minimum Gasteiger partial charge on any atom is -0.340 e. The monoisotopic (exact) mass is 319 g/mol. The van der Waals surface area contributed by atoms with E-state index < -0.39 is 0 Å². The van der Waals surface area contributed by atoms with Crippen LogP contribution in [-0.2, 0) is 4.79 Å². The Hall–Kier alpha value is -1.93. The van der Waals surface area contributed by atoms with Gasteiger partial charge in [0, 0.05) is 25.8 Å². The number of carbonyl (C=O) groups excluding carboxylic acids is 2. The van der Waals surface area contributed by atoms with E-state index in [2.05, 4.69) is 25.5 Å². The predicted molar refractivity (Wildman–Crippen MR) is 85.4 cm³/mol. The van der Waals surface area contributed by atoms with Crippen molar-refractivity contribution < 1.29 is 9.59 Å². The quantitative estimate of drug-likeness (QED) is 0.803. The van der Waals surface area contributed by atoms with Gasteiger partial charge in [-0.15, -0.1) is 0 Å². The summed E-state index contributed by atoms with van der Waals surface area (Å²) in [5.41, 5.74) is 0.618. The number of amides is 2. The second-order valence-electron chi connectivity index (χ2n) is 5.24. The van der Waals surface area contributed by atoms with Crippen LogP contribution in [-0.4, -0.2) is 47.3 Å². The summed E-state index contributed by atoms with van der Waals surface area (Å²) in [4.78, 5) is 33.9. The molecule has 1 atom stereocenters.